The van der Waals surface area contributed by atoms with Gasteiger partial charge in [-0.3, -0.25) is 14.5 Å². The molecule has 0 bridgehead atoms. The first kappa shape index (κ1) is 15.0. The fraction of sp³-hybridized carbons (Fsp3) is 0.111. The quantitative estimate of drug-likeness (QED) is 0.946. The molecule has 5 heteroatoms. The minimum absolute atomic E-state index is 0.0936. The van der Waals surface area contributed by atoms with Crippen LogP contribution in [0.3, 0.4) is 0 Å². The van der Waals surface area contributed by atoms with E-state index in [2.05, 4.69) is 0 Å². The number of halogens is 1. The molecule has 0 saturated heterocycles. The molecule has 3 rings (SSSR count). The third-order valence-corrected chi connectivity index (χ3v) is 3.82. The van der Waals surface area contributed by atoms with Gasteiger partial charge >= 0.3 is 0 Å². The number of hydrogen-bond donors (Lipinski definition) is 1. The van der Waals surface area contributed by atoms with Crippen LogP contribution in [0.25, 0.3) is 0 Å². The van der Waals surface area contributed by atoms with Gasteiger partial charge in [0, 0.05) is 11.3 Å². The molecule has 2 aromatic rings. The van der Waals surface area contributed by atoms with Crippen LogP contribution in [0.15, 0.2) is 65.9 Å². The van der Waals surface area contributed by atoms with Gasteiger partial charge in [0.2, 0.25) is 0 Å². The molecule has 0 aromatic heterocycles. The van der Waals surface area contributed by atoms with Crippen LogP contribution in [-0.2, 0) is 9.59 Å². The Labute approximate surface area is 132 Å². The number of nitrogens with zero attached hydrogens (tertiary/aromatic N) is 1. The number of hydrogen-bond acceptors (Lipinski definition) is 3. The van der Waals surface area contributed by atoms with E-state index in [1.165, 1.54) is 30.0 Å². The fourth-order valence-electron chi connectivity index (χ4n) is 2.81. The molecule has 1 atom stereocenters. The summed E-state index contributed by atoms with van der Waals surface area (Å²) in [4.78, 5) is 25.7. The van der Waals surface area contributed by atoms with Gasteiger partial charge in [-0.2, -0.15) is 0 Å². The molecule has 2 aromatic carbocycles. The van der Waals surface area contributed by atoms with Crippen molar-refractivity contribution >= 4 is 17.4 Å². The lowest BCUT2D eigenvalue weighted by atomic mass is 9.96. The first-order valence-electron chi connectivity index (χ1n) is 7.09. The highest BCUT2D eigenvalue weighted by molar-refractivity contribution is 6.16. The second kappa shape index (κ2) is 5.68. The number of aliphatic hydroxyl groups excluding tert-OH is 1. The third kappa shape index (κ3) is 2.40. The number of Topliss-reactive ketones (excluding diaryl/α,β-unsaturated/α-hetero) is 1. The van der Waals surface area contributed by atoms with E-state index < -0.39 is 29.3 Å². The van der Waals surface area contributed by atoms with Crippen molar-refractivity contribution in [2.24, 2.45) is 0 Å². The van der Waals surface area contributed by atoms with Gasteiger partial charge < -0.3 is 5.11 Å². The molecule has 0 saturated carbocycles. The molecule has 4 nitrogen and oxygen atoms in total. The number of carbonyl (C=O) groups excluding carboxylic acids is 2. The van der Waals surface area contributed by atoms with Gasteiger partial charge in [0.25, 0.3) is 5.91 Å². The molecule has 0 fully saturated rings. The lowest BCUT2D eigenvalue weighted by molar-refractivity contribution is -0.117. The van der Waals surface area contributed by atoms with Gasteiger partial charge in [0.1, 0.15) is 5.82 Å². The van der Waals surface area contributed by atoms with Gasteiger partial charge in [-0.15, -0.1) is 0 Å². The maximum atomic E-state index is 14.3. The molecule has 0 radical (unpaired) electrons. The van der Waals surface area contributed by atoms with Crippen molar-refractivity contribution in [3.63, 3.8) is 0 Å². The van der Waals surface area contributed by atoms with Crippen LogP contribution in [0.4, 0.5) is 10.1 Å². The van der Waals surface area contributed by atoms with E-state index in [0.717, 1.165) is 0 Å². The van der Waals surface area contributed by atoms with Crippen molar-refractivity contribution in [2.75, 3.05) is 4.90 Å². The minimum atomic E-state index is -0.983. The molecule has 1 amide bonds. The SMILES string of the molecule is CC(=O)C1=C(O)C(=O)N(c2ccccc2)C1c1ccccc1F. The molecule has 1 N–H and O–H groups in total. The third-order valence-electron chi connectivity index (χ3n) is 3.82. The van der Waals surface area contributed by atoms with Gasteiger partial charge in [-0.25, -0.2) is 4.39 Å². The second-order valence-electron chi connectivity index (χ2n) is 5.25. The molecule has 116 valence electrons. The van der Waals surface area contributed by atoms with Gasteiger partial charge in [0.05, 0.1) is 11.6 Å². The van der Waals surface area contributed by atoms with Crippen LogP contribution in [0.1, 0.15) is 18.5 Å². The Kier molecular flexibility index (Phi) is 3.70. The molecule has 1 heterocycles. The van der Waals surface area contributed by atoms with Crippen molar-refractivity contribution in [2.45, 2.75) is 13.0 Å². The predicted octanol–water partition coefficient (Wildman–Crippen LogP) is 3.31. The highest BCUT2D eigenvalue weighted by atomic mass is 19.1. The lowest BCUT2D eigenvalue weighted by Gasteiger charge is -2.26. The molecule has 0 aliphatic carbocycles. The molecule has 1 unspecified atom stereocenters. The Morgan fingerprint density at radius 3 is 2.30 bits per heavy atom. The highest BCUT2D eigenvalue weighted by Gasteiger charge is 2.44. The zero-order valence-electron chi connectivity index (χ0n) is 12.4. The molecule has 1 aliphatic heterocycles. The summed E-state index contributed by atoms with van der Waals surface area (Å²) in [6.45, 7) is 1.25. The molecular formula is C18H14FNO3. The van der Waals surface area contributed by atoms with E-state index in [4.69, 9.17) is 0 Å². The maximum absolute atomic E-state index is 14.3. The standard InChI is InChI=1S/C18H14FNO3/c1-11(21)15-16(13-9-5-6-10-14(13)19)20(18(23)17(15)22)12-7-3-2-4-8-12/h2-10,16,22H,1H3. The van der Waals surface area contributed by atoms with Gasteiger partial charge in [-0.05, 0) is 25.1 Å². The maximum Gasteiger partial charge on any atom is 0.294 e. The smallest absolute Gasteiger partial charge is 0.294 e. The van der Waals surface area contributed by atoms with E-state index in [-0.39, 0.29) is 11.1 Å². The van der Waals surface area contributed by atoms with E-state index in [1.807, 2.05) is 0 Å². The minimum Gasteiger partial charge on any atom is -0.503 e. The van der Waals surface area contributed by atoms with E-state index in [0.29, 0.717) is 5.69 Å². The molecule has 23 heavy (non-hydrogen) atoms. The fourth-order valence-corrected chi connectivity index (χ4v) is 2.81. The van der Waals surface area contributed by atoms with Crippen LogP contribution in [-0.4, -0.2) is 16.8 Å². The number of para-hydroxylation sites is 1. The topological polar surface area (TPSA) is 57.6 Å². The summed E-state index contributed by atoms with van der Waals surface area (Å²) < 4.78 is 14.3. The molecular weight excluding hydrogens is 297 g/mol. The van der Waals surface area contributed by atoms with Gasteiger partial charge in [0.15, 0.2) is 11.5 Å². The van der Waals surface area contributed by atoms with Crippen LogP contribution >= 0.6 is 0 Å². The summed E-state index contributed by atoms with van der Waals surface area (Å²) in [6.07, 6.45) is 0. The van der Waals surface area contributed by atoms with E-state index in [9.17, 15) is 19.1 Å². The summed E-state index contributed by atoms with van der Waals surface area (Å²) >= 11 is 0. The zero-order chi connectivity index (χ0) is 16.6. The van der Waals surface area contributed by atoms with E-state index in [1.54, 1.807) is 36.4 Å². The van der Waals surface area contributed by atoms with Crippen molar-refractivity contribution in [1.29, 1.82) is 0 Å². The number of aliphatic hydroxyl groups is 1. The molecule has 0 spiro atoms. The predicted molar refractivity (Wildman–Crippen MR) is 83.4 cm³/mol. The van der Waals surface area contributed by atoms with Gasteiger partial charge in [-0.1, -0.05) is 36.4 Å². The van der Waals surface area contributed by atoms with Crippen LogP contribution in [0.2, 0.25) is 0 Å². The zero-order valence-corrected chi connectivity index (χ0v) is 12.4. The lowest BCUT2D eigenvalue weighted by Crippen LogP contribution is -2.31. The average molecular weight is 311 g/mol. The first-order valence-corrected chi connectivity index (χ1v) is 7.09. The Bertz CT molecular complexity index is 814. The highest BCUT2D eigenvalue weighted by Crippen LogP contribution is 2.41. The summed E-state index contributed by atoms with van der Waals surface area (Å²) in [6, 6.07) is 13.5. The molecule has 1 aliphatic rings. The van der Waals surface area contributed by atoms with E-state index >= 15 is 0 Å². The number of amides is 1. The largest absolute Gasteiger partial charge is 0.503 e. The normalized spacial score (nSPS) is 17.7. The number of rotatable bonds is 3. The summed E-state index contributed by atoms with van der Waals surface area (Å²) in [7, 11) is 0. The number of ketones is 1. The summed E-state index contributed by atoms with van der Waals surface area (Å²) in [5, 5.41) is 10.1. The Morgan fingerprint density at radius 1 is 1.09 bits per heavy atom. The monoisotopic (exact) mass is 311 g/mol. The van der Waals surface area contributed by atoms with Crippen molar-refractivity contribution in [3.05, 3.63) is 77.3 Å². The van der Waals surface area contributed by atoms with Crippen LogP contribution < -0.4 is 4.90 Å². The van der Waals surface area contributed by atoms with Crippen molar-refractivity contribution in [3.8, 4) is 0 Å². The summed E-state index contributed by atoms with van der Waals surface area (Å²) in [5.41, 5.74) is 0.552. The average Bonchev–Trinajstić information content (AvgIpc) is 2.80. The first-order chi connectivity index (χ1) is 11.0. The number of benzene rings is 2. The van der Waals surface area contributed by atoms with Crippen LogP contribution in [0.5, 0.6) is 0 Å². The Hall–Kier alpha value is -2.95. The van der Waals surface area contributed by atoms with Crippen LogP contribution in [0, 0.1) is 5.82 Å². The Balaban J connectivity index is 2.22. The van der Waals surface area contributed by atoms with Crippen molar-refractivity contribution in [1.82, 2.24) is 0 Å². The summed E-state index contributed by atoms with van der Waals surface area (Å²) in [5.74, 6) is -2.36. The second-order valence-corrected chi connectivity index (χ2v) is 5.25. The Morgan fingerprint density at radius 2 is 1.70 bits per heavy atom. The number of carbonyl (C=O) groups is 2. The number of anilines is 1. The van der Waals surface area contributed by atoms with Crippen molar-refractivity contribution < 1.29 is 19.1 Å².